The molecule has 1 atom stereocenters. The van der Waals surface area contributed by atoms with Crippen LogP contribution in [0.5, 0.6) is 0 Å². The molecule has 1 unspecified atom stereocenters. The molecule has 1 aromatic rings. The van der Waals surface area contributed by atoms with Crippen LogP contribution in [0.2, 0.25) is 0 Å². The Morgan fingerprint density at radius 1 is 1.25 bits per heavy atom. The average molecular weight is 295 g/mol. The monoisotopic (exact) mass is 295 g/mol. The van der Waals surface area contributed by atoms with Crippen LogP contribution in [0.4, 0.5) is 0 Å². The molecule has 0 saturated heterocycles. The molecule has 0 aliphatic heterocycles. The van der Waals surface area contributed by atoms with E-state index in [1.54, 1.807) is 0 Å². The van der Waals surface area contributed by atoms with Gasteiger partial charge < -0.3 is 5.32 Å². The summed E-state index contributed by atoms with van der Waals surface area (Å²) in [4.78, 5) is 0. The Labute approximate surface area is 122 Å². The third-order valence-electron chi connectivity index (χ3n) is 4.30. The van der Waals surface area contributed by atoms with Crippen LogP contribution in [-0.2, 0) is 9.84 Å². The number of benzene rings is 1. The van der Waals surface area contributed by atoms with E-state index in [1.807, 2.05) is 38.2 Å². The van der Waals surface area contributed by atoms with E-state index in [0.717, 1.165) is 24.0 Å². The van der Waals surface area contributed by atoms with E-state index in [9.17, 15) is 8.42 Å². The summed E-state index contributed by atoms with van der Waals surface area (Å²) in [5, 5.41) is 3.16. The minimum Gasteiger partial charge on any atom is -0.312 e. The van der Waals surface area contributed by atoms with Crippen LogP contribution in [0, 0.1) is 12.8 Å². The smallest absolute Gasteiger partial charge is 0.152 e. The van der Waals surface area contributed by atoms with Crippen LogP contribution in [0.3, 0.4) is 0 Å². The van der Waals surface area contributed by atoms with Gasteiger partial charge in [0.1, 0.15) is 0 Å². The fraction of sp³-hybridized carbons (Fsp3) is 0.625. The summed E-state index contributed by atoms with van der Waals surface area (Å²) in [5.41, 5.74) is 2.23. The Morgan fingerprint density at radius 3 is 2.50 bits per heavy atom. The predicted molar refractivity (Wildman–Crippen MR) is 83.6 cm³/mol. The largest absolute Gasteiger partial charge is 0.312 e. The zero-order chi connectivity index (χ0) is 14.6. The second kappa shape index (κ2) is 6.72. The van der Waals surface area contributed by atoms with Crippen molar-refractivity contribution in [2.75, 3.05) is 18.6 Å². The van der Waals surface area contributed by atoms with Gasteiger partial charge in [0.25, 0.3) is 0 Å². The van der Waals surface area contributed by atoms with Crippen LogP contribution in [-0.4, -0.2) is 27.0 Å². The maximum atomic E-state index is 12.4. The number of nitrogens with one attached hydrogen (secondary N) is 1. The van der Waals surface area contributed by atoms with Gasteiger partial charge in [0.05, 0.1) is 11.5 Å². The van der Waals surface area contributed by atoms with Crippen molar-refractivity contribution in [3.63, 3.8) is 0 Å². The highest BCUT2D eigenvalue weighted by atomic mass is 32.2. The zero-order valence-electron chi connectivity index (χ0n) is 12.4. The Balaban J connectivity index is 2.07. The fourth-order valence-corrected chi connectivity index (χ4v) is 5.21. The molecule has 0 aromatic heterocycles. The third kappa shape index (κ3) is 4.06. The van der Waals surface area contributed by atoms with Crippen molar-refractivity contribution >= 4 is 9.84 Å². The van der Waals surface area contributed by atoms with Crippen molar-refractivity contribution in [3.8, 4) is 0 Å². The van der Waals surface area contributed by atoms with Gasteiger partial charge in [0.2, 0.25) is 0 Å². The summed E-state index contributed by atoms with van der Waals surface area (Å²) >= 11 is 0. The summed E-state index contributed by atoms with van der Waals surface area (Å²) < 4.78 is 24.8. The van der Waals surface area contributed by atoms with E-state index in [4.69, 9.17) is 0 Å². The molecule has 0 heterocycles. The van der Waals surface area contributed by atoms with Crippen molar-refractivity contribution in [1.82, 2.24) is 5.32 Å². The van der Waals surface area contributed by atoms with Crippen molar-refractivity contribution in [2.24, 2.45) is 5.92 Å². The molecule has 1 fully saturated rings. The number of rotatable bonds is 6. The van der Waals surface area contributed by atoms with Crippen LogP contribution < -0.4 is 5.32 Å². The Bertz CT molecular complexity index is 533. The summed E-state index contributed by atoms with van der Waals surface area (Å²) in [6, 6.07) is 7.89. The van der Waals surface area contributed by atoms with Gasteiger partial charge in [-0.1, -0.05) is 37.1 Å². The third-order valence-corrected chi connectivity index (χ3v) is 6.12. The quantitative estimate of drug-likeness (QED) is 0.878. The van der Waals surface area contributed by atoms with Gasteiger partial charge in [-0.05, 0) is 43.9 Å². The lowest BCUT2D eigenvalue weighted by Gasteiger charge is -2.20. The molecule has 1 aliphatic rings. The topological polar surface area (TPSA) is 46.2 Å². The molecule has 0 spiro atoms. The summed E-state index contributed by atoms with van der Waals surface area (Å²) in [6.45, 7) is 2.03. The van der Waals surface area contributed by atoms with Gasteiger partial charge in [-0.3, -0.25) is 0 Å². The van der Waals surface area contributed by atoms with Gasteiger partial charge in [-0.2, -0.15) is 0 Å². The van der Waals surface area contributed by atoms with Crippen LogP contribution >= 0.6 is 0 Å². The van der Waals surface area contributed by atoms with E-state index in [0.29, 0.717) is 11.7 Å². The van der Waals surface area contributed by atoms with Gasteiger partial charge in [0.15, 0.2) is 9.84 Å². The SMILES string of the molecule is CNC(CS(=O)(=O)CC1CCCC1)c1ccccc1C. The molecule has 1 saturated carbocycles. The lowest BCUT2D eigenvalue weighted by Crippen LogP contribution is -2.28. The second-order valence-corrected chi connectivity index (χ2v) is 8.08. The van der Waals surface area contributed by atoms with E-state index in [2.05, 4.69) is 5.32 Å². The number of sulfone groups is 1. The van der Waals surface area contributed by atoms with Gasteiger partial charge in [-0.15, -0.1) is 0 Å². The molecule has 0 amide bonds. The Morgan fingerprint density at radius 2 is 1.90 bits per heavy atom. The van der Waals surface area contributed by atoms with Gasteiger partial charge in [-0.25, -0.2) is 8.42 Å². The standard InChI is InChI=1S/C16H25NO2S/c1-13-7-3-6-10-15(13)16(17-2)12-20(18,19)11-14-8-4-5-9-14/h3,6-7,10,14,16-17H,4-5,8-9,11-12H2,1-2H3. The molecule has 1 N–H and O–H groups in total. The molecule has 3 nitrogen and oxygen atoms in total. The number of hydrogen-bond acceptors (Lipinski definition) is 3. The molecule has 112 valence electrons. The second-order valence-electron chi connectivity index (χ2n) is 5.93. The molecule has 1 aliphatic carbocycles. The van der Waals surface area contributed by atoms with Crippen LogP contribution in [0.15, 0.2) is 24.3 Å². The summed E-state index contributed by atoms with van der Waals surface area (Å²) in [6.07, 6.45) is 4.53. The zero-order valence-corrected chi connectivity index (χ0v) is 13.2. The van der Waals surface area contributed by atoms with E-state index < -0.39 is 9.84 Å². The lowest BCUT2D eigenvalue weighted by atomic mass is 10.0. The summed E-state index contributed by atoms with van der Waals surface area (Å²) in [5.74, 6) is 0.941. The molecular weight excluding hydrogens is 270 g/mol. The van der Waals surface area contributed by atoms with Crippen molar-refractivity contribution < 1.29 is 8.42 Å². The predicted octanol–water partition coefficient (Wildman–Crippen LogP) is 2.86. The Kier molecular flexibility index (Phi) is 5.22. The first-order valence-electron chi connectivity index (χ1n) is 7.45. The van der Waals surface area contributed by atoms with E-state index in [1.165, 1.54) is 12.8 Å². The highest BCUT2D eigenvalue weighted by Crippen LogP contribution is 2.27. The lowest BCUT2D eigenvalue weighted by molar-refractivity contribution is 0.545. The highest BCUT2D eigenvalue weighted by Gasteiger charge is 2.26. The molecule has 0 radical (unpaired) electrons. The maximum Gasteiger partial charge on any atom is 0.152 e. The number of hydrogen-bond donors (Lipinski definition) is 1. The van der Waals surface area contributed by atoms with Gasteiger partial charge in [0, 0.05) is 6.04 Å². The molecule has 1 aromatic carbocycles. The van der Waals surface area contributed by atoms with Crippen LogP contribution in [0.1, 0.15) is 42.9 Å². The average Bonchev–Trinajstić information content (AvgIpc) is 2.89. The first-order chi connectivity index (χ1) is 9.52. The van der Waals surface area contributed by atoms with E-state index >= 15 is 0 Å². The molecular formula is C16H25NO2S. The van der Waals surface area contributed by atoms with E-state index in [-0.39, 0.29) is 11.8 Å². The Hall–Kier alpha value is -0.870. The first-order valence-corrected chi connectivity index (χ1v) is 9.27. The maximum absolute atomic E-state index is 12.4. The summed E-state index contributed by atoms with van der Waals surface area (Å²) in [7, 11) is -1.17. The number of aryl methyl sites for hydroxylation is 1. The minimum atomic E-state index is -3.00. The fourth-order valence-electron chi connectivity index (χ4n) is 3.16. The van der Waals surface area contributed by atoms with Crippen molar-refractivity contribution in [3.05, 3.63) is 35.4 Å². The molecule has 4 heteroatoms. The van der Waals surface area contributed by atoms with Crippen molar-refractivity contribution in [2.45, 2.75) is 38.6 Å². The minimum absolute atomic E-state index is 0.109. The van der Waals surface area contributed by atoms with Gasteiger partial charge >= 0.3 is 0 Å². The normalized spacial score (nSPS) is 18.3. The first kappa shape index (κ1) is 15.5. The molecule has 2 rings (SSSR count). The van der Waals surface area contributed by atoms with Crippen molar-refractivity contribution in [1.29, 1.82) is 0 Å². The molecule has 0 bridgehead atoms. The van der Waals surface area contributed by atoms with Crippen LogP contribution in [0.25, 0.3) is 0 Å². The molecule has 20 heavy (non-hydrogen) atoms. The highest BCUT2D eigenvalue weighted by molar-refractivity contribution is 7.91.